The minimum absolute atomic E-state index is 0.300. The highest BCUT2D eigenvalue weighted by Crippen LogP contribution is 2.32. The van der Waals surface area contributed by atoms with Crippen molar-refractivity contribution in [3.8, 4) is 5.75 Å². The fourth-order valence-electron chi connectivity index (χ4n) is 2.52. The molecule has 0 saturated carbocycles. The summed E-state index contributed by atoms with van der Waals surface area (Å²) in [6.07, 6.45) is 5.67. The number of methoxy groups -OCH3 is 1. The zero-order chi connectivity index (χ0) is 12.8. The molecule has 0 amide bonds. The second-order valence-electron chi connectivity index (χ2n) is 4.72. The minimum Gasteiger partial charge on any atom is -0.495 e. The van der Waals surface area contributed by atoms with E-state index in [1.54, 1.807) is 7.11 Å². The first-order valence-corrected chi connectivity index (χ1v) is 7.74. The Balaban J connectivity index is 2.07. The van der Waals surface area contributed by atoms with Crippen LogP contribution in [0.15, 0.2) is 18.3 Å². The van der Waals surface area contributed by atoms with E-state index in [0.717, 1.165) is 23.8 Å². The average molecular weight is 266 g/mol. The maximum atomic E-state index is 5.41. The van der Waals surface area contributed by atoms with Gasteiger partial charge in [0.1, 0.15) is 5.75 Å². The van der Waals surface area contributed by atoms with Gasteiger partial charge < -0.3 is 10.1 Å². The highest BCUT2D eigenvalue weighted by atomic mass is 32.2. The predicted octanol–water partition coefficient (Wildman–Crippen LogP) is 2.88. The summed E-state index contributed by atoms with van der Waals surface area (Å²) in [5, 5.41) is 3.39. The number of nitrogens with one attached hydrogen (secondary N) is 1. The lowest BCUT2D eigenvalue weighted by Gasteiger charge is -2.26. The van der Waals surface area contributed by atoms with Gasteiger partial charge in [-0.15, -0.1) is 0 Å². The standard InChI is InChI=1S/C14H22N2OS/c1-15-12(10-11-5-8-18-9-6-11)14-13(17-2)4-3-7-16-14/h3-4,7,11-12,15H,5-6,8-10H2,1-2H3. The van der Waals surface area contributed by atoms with Crippen molar-refractivity contribution in [2.45, 2.75) is 25.3 Å². The van der Waals surface area contributed by atoms with Crippen molar-refractivity contribution in [1.82, 2.24) is 10.3 Å². The molecule has 1 atom stereocenters. The minimum atomic E-state index is 0.300. The van der Waals surface area contributed by atoms with E-state index in [1.807, 2.05) is 25.4 Å². The van der Waals surface area contributed by atoms with Gasteiger partial charge in [-0.1, -0.05) is 0 Å². The maximum Gasteiger partial charge on any atom is 0.141 e. The largest absolute Gasteiger partial charge is 0.495 e. The molecule has 0 radical (unpaired) electrons. The highest BCUT2D eigenvalue weighted by Gasteiger charge is 2.22. The number of pyridine rings is 1. The summed E-state index contributed by atoms with van der Waals surface area (Å²) in [6, 6.07) is 4.21. The van der Waals surface area contributed by atoms with E-state index < -0.39 is 0 Å². The Morgan fingerprint density at radius 3 is 2.94 bits per heavy atom. The molecule has 0 aromatic carbocycles. The molecule has 1 fully saturated rings. The number of rotatable bonds is 5. The van der Waals surface area contributed by atoms with Crippen molar-refractivity contribution in [3.05, 3.63) is 24.0 Å². The van der Waals surface area contributed by atoms with Gasteiger partial charge in [-0.05, 0) is 55.9 Å². The van der Waals surface area contributed by atoms with Crippen LogP contribution < -0.4 is 10.1 Å². The van der Waals surface area contributed by atoms with Gasteiger partial charge in [0.05, 0.1) is 18.8 Å². The van der Waals surface area contributed by atoms with Crippen LogP contribution >= 0.6 is 11.8 Å². The van der Waals surface area contributed by atoms with Crippen molar-refractivity contribution in [3.63, 3.8) is 0 Å². The summed E-state index contributed by atoms with van der Waals surface area (Å²) in [5.74, 6) is 4.32. The Labute approximate surface area is 114 Å². The van der Waals surface area contributed by atoms with Crippen LogP contribution in [0, 0.1) is 5.92 Å². The van der Waals surface area contributed by atoms with E-state index in [4.69, 9.17) is 4.74 Å². The van der Waals surface area contributed by atoms with Gasteiger partial charge in [0.15, 0.2) is 0 Å². The summed E-state index contributed by atoms with van der Waals surface area (Å²) in [5.41, 5.74) is 1.04. The summed E-state index contributed by atoms with van der Waals surface area (Å²) in [7, 11) is 3.72. The van der Waals surface area contributed by atoms with E-state index in [1.165, 1.54) is 24.3 Å². The summed E-state index contributed by atoms with van der Waals surface area (Å²) >= 11 is 2.08. The van der Waals surface area contributed by atoms with Gasteiger partial charge in [-0.25, -0.2) is 0 Å². The molecular formula is C14H22N2OS. The van der Waals surface area contributed by atoms with Crippen LogP contribution in [0.3, 0.4) is 0 Å². The molecule has 0 spiro atoms. The van der Waals surface area contributed by atoms with E-state index in [2.05, 4.69) is 22.1 Å². The molecule has 1 N–H and O–H groups in total. The smallest absolute Gasteiger partial charge is 0.141 e. The fourth-order valence-corrected chi connectivity index (χ4v) is 3.72. The molecule has 3 nitrogen and oxygen atoms in total. The number of nitrogens with zero attached hydrogens (tertiary/aromatic N) is 1. The Morgan fingerprint density at radius 1 is 1.50 bits per heavy atom. The van der Waals surface area contributed by atoms with Gasteiger partial charge in [-0.2, -0.15) is 11.8 Å². The molecule has 1 saturated heterocycles. The molecule has 2 heterocycles. The quantitative estimate of drug-likeness (QED) is 0.888. The topological polar surface area (TPSA) is 34.2 Å². The molecule has 4 heteroatoms. The van der Waals surface area contributed by atoms with Crippen LogP contribution in [0.4, 0.5) is 0 Å². The molecular weight excluding hydrogens is 244 g/mol. The summed E-state index contributed by atoms with van der Waals surface area (Å²) < 4.78 is 5.41. The van der Waals surface area contributed by atoms with Crippen LogP contribution in [-0.4, -0.2) is 30.6 Å². The first kappa shape index (κ1) is 13.7. The van der Waals surface area contributed by atoms with E-state index in [0.29, 0.717) is 6.04 Å². The zero-order valence-corrected chi connectivity index (χ0v) is 12.0. The molecule has 1 aliphatic rings. The van der Waals surface area contributed by atoms with Gasteiger partial charge in [0, 0.05) is 6.20 Å². The lowest BCUT2D eigenvalue weighted by molar-refractivity contribution is 0.357. The monoisotopic (exact) mass is 266 g/mol. The summed E-state index contributed by atoms with van der Waals surface area (Å²) in [4.78, 5) is 4.49. The van der Waals surface area contributed by atoms with Gasteiger partial charge in [-0.3, -0.25) is 4.98 Å². The van der Waals surface area contributed by atoms with Crippen LogP contribution in [0.5, 0.6) is 5.75 Å². The van der Waals surface area contributed by atoms with E-state index in [-0.39, 0.29) is 0 Å². The van der Waals surface area contributed by atoms with Crippen LogP contribution in [0.25, 0.3) is 0 Å². The van der Waals surface area contributed by atoms with Gasteiger partial charge >= 0.3 is 0 Å². The maximum absolute atomic E-state index is 5.41. The first-order chi connectivity index (χ1) is 8.85. The van der Waals surface area contributed by atoms with Crippen molar-refractivity contribution in [2.24, 2.45) is 5.92 Å². The number of thioether (sulfide) groups is 1. The lowest BCUT2D eigenvalue weighted by Crippen LogP contribution is -2.23. The normalized spacial score (nSPS) is 18.6. The lowest BCUT2D eigenvalue weighted by atomic mass is 9.92. The van der Waals surface area contributed by atoms with Crippen molar-refractivity contribution < 1.29 is 4.74 Å². The zero-order valence-electron chi connectivity index (χ0n) is 11.2. The van der Waals surface area contributed by atoms with Gasteiger partial charge in [0.25, 0.3) is 0 Å². The third kappa shape index (κ3) is 3.39. The third-order valence-corrected chi connectivity index (χ3v) is 4.66. The number of aromatic nitrogens is 1. The second-order valence-corrected chi connectivity index (χ2v) is 5.95. The van der Waals surface area contributed by atoms with Crippen molar-refractivity contribution in [2.75, 3.05) is 25.7 Å². The molecule has 1 aromatic rings. The Morgan fingerprint density at radius 2 is 2.28 bits per heavy atom. The predicted molar refractivity (Wildman–Crippen MR) is 77.3 cm³/mol. The van der Waals surface area contributed by atoms with Crippen LogP contribution in [0.2, 0.25) is 0 Å². The number of hydrogen-bond donors (Lipinski definition) is 1. The molecule has 100 valence electrons. The van der Waals surface area contributed by atoms with Gasteiger partial charge in [0.2, 0.25) is 0 Å². The third-order valence-electron chi connectivity index (χ3n) is 3.61. The van der Waals surface area contributed by atoms with E-state index >= 15 is 0 Å². The van der Waals surface area contributed by atoms with E-state index in [9.17, 15) is 0 Å². The highest BCUT2D eigenvalue weighted by molar-refractivity contribution is 7.99. The fraction of sp³-hybridized carbons (Fsp3) is 0.643. The molecule has 0 aliphatic carbocycles. The molecule has 0 bridgehead atoms. The number of ether oxygens (including phenoxy) is 1. The second kappa shape index (κ2) is 7.00. The SMILES string of the molecule is CNC(CC1CCSCC1)c1ncccc1OC. The molecule has 1 aromatic heterocycles. The number of hydrogen-bond acceptors (Lipinski definition) is 4. The van der Waals surface area contributed by atoms with Crippen LogP contribution in [0.1, 0.15) is 31.0 Å². The molecule has 18 heavy (non-hydrogen) atoms. The van der Waals surface area contributed by atoms with Crippen LogP contribution in [-0.2, 0) is 0 Å². The average Bonchev–Trinajstić information content (AvgIpc) is 2.46. The summed E-state index contributed by atoms with van der Waals surface area (Å²) in [6.45, 7) is 0. The molecule has 1 aliphatic heterocycles. The first-order valence-electron chi connectivity index (χ1n) is 6.59. The van der Waals surface area contributed by atoms with Crippen molar-refractivity contribution >= 4 is 11.8 Å². The molecule has 2 rings (SSSR count). The Hall–Kier alpha value is -0.740. The Bertz CT molecular complexity index is 367. The van der Waals surface area contributed by atoms with Crippen molar-refractivity contribution in [1.29, 1.82) is 0 Å². The molecule has 1 unspecified atom stereocenters. The Kier molecular flexibility index (Phi) is 5.32.